The van der Waals surface area contributed by atoms with E-state index in [1.165, 1.54) is 13.8 Å². The molecule has 32 heavy (non-hydrogen) atoms. The van der Waals surface area contributed by atoms with Gasteiger partial charge in [-0.2, -0.15) is 0 Å². The molecule has 14 heteroatoms. The van der Waals surface area contributed by atoms with Gasteiger partial charge in [0, 0.05) is 24.0 Å². The quantitative estimate of drug-likeness (QED) is 0.144. The maximum absolute atomic E-state index is 13.0. The van der Waals surface area contributed by atoms with Crippen LogP contribution in [0.1, 0.15) is 34.6 Å². The van der Waals surface area contributed by atoms with E-state index in [1.807, 2.05) is 67.8 Å². The summed E-state index contributed by atoms with van der Waals surface area (Å²) in [5.41, 5.74) is 0.461. The predicted molar refractivity (Wildman–Crippen MR) is 139 cm³/mol. The number of carbonyl (C=O) groups excluding carboxylic acids is 4. The Morgan fingerprint density at radius 3 is 1.78 bits per heavy atom. The summed E-state index contributed by atoms with van der Waals surface area (Å²) in [5.74, 6) is -2.26. The molecule has 1 aromatic carbocycles. The van der Waals surface area contributed by atoms with Gasteiger partial charge in [-0.15, -0.1) is 0 Å². The maximum Gasteiger partial charge on any atom is 0.303 e. The third kappa shape index (κ3) is 8.19. The Bertz CT molecular complexity index is 897. The molecule has 0 saturated carbocycles. The van der Waals surface area contributed by atoms with Crippen LogP contribution in [0.4, 0.5) is 5.69 Å². The number of halogens is 3. The van der Waals surface area contributed by atoms with Crippen molar-refractivity contribution in [1.82, 2.24) is 10.6 Å². The fraction of sp³-hybridized carbons (Fsp3) is 0.444. The number of aliphatic hydroxyl groups excluding tert-OH is 3. The van der Waals surface area contributed by atoms with Gasteiger partial charge in [-0.05, 0) is 67.8 Å². The molecule has 11 nitrogen and oxygen atoms in total. The van der Waals surface area contributed by atoms with Gasteiger partial charge >= 0.3 is 5.97 Å². The molecule has 1 aromatic rings. The molecule has 0 aliphatic carbocycles. The number of benzene rings is 1. The standard InChI is InChI=1S/C18H22I3N3O8/c1-7(27)24-16-14(20)11(17(30)22-3-9(29)5-25)13(19)12(15(16)21)18(31)23-4-10(6-26)32-8(2)28/h9-10,25-26,29H,3-6H2,1-2H3,(H,22,30)(H,23,31)(H,24,27). The zero-order valence-corrected chi connectivity index (χ0v) is 23.5. The summed E-state index contributed by atoms with van der Waals surface area (Å²) < 4.78 is 5.94. The Balaban J connectivity index is 3.40. The predicted octanol–water partition coefficient (Wildman–Crippen LogP) is 0.196. The molecule has 0 heterocycles. The molecular formula is C18H22I3N3O8. The summed E-state index contributed by atoms with van der Waals surface area (Å²) in [6.45, 7) is 1.02. The van der Waals surface area contributed by atoms with E-state index in [-0.39, 0.29) is 33.5 Å². The number of amides is 3. The van der Waals surface area contributed by atoms with Crippen LogP contribution in [0, 0.1) is 10.7 Å². The van der Waals surface area contributed by atoms with Gasteiger partial charge in [0.25, 0.3) is 11.8 Å². The zero-order valence-electron chi connectivity index (χ0n) is 17.0. The van der Waals surface area contributed by atoms with E-state index in [4.69, 9.17) is 9.84 Å². The van der Waals surface area contributed by atoms with E-state index in [9.17, 15) is 29.4 Å². The molecule has 2 unspecified atom stereocenters. The van der Waals surface area contributed by atoms with E-state index in [0.717, 1.165) is 0 Å². The Morgan fingerprint density at radius 1 is 0.875 bits per heavy atom. The average molecular weight is 789 g/mol. The van der Waals surface area contributed by atoms with Crippen LogP contribution >= 0.6 is 67.8 Å². The van der Waals surface area contributed by atoms with Crippen LogP contribution in [0.15, 0.2) is 0 Å². The van der Waals surface area contributed by atoms with Gasteiger partial charge in [-0.3, -0.25) is 19.2 Å². The van der Waals surface area contributed by atoms with Gasteiger partial charge < -0.3 is 36.0 Å². The van der Waals surface area contributed by atoms with Gasteiger partial charge in [0.15, 0.2) is 0 Å². The topological polar surface area (TPSA) is 174 Å². The third-order valence-electron chi connectivity index (χ3n) is 3.81. The van der Waals surface area contributed by atoms with Crippen molar-refractivity contribution in [2.45, 2.75) is 26.1 Å². The summed E-state index contributed by atoms with van der Waals surface area (Å²) in [6.07, 6.45) is -2.11. The Hall–Kier alpha value is -0.830. The van der Waals surface area contributed by atoms with Crippen molar-refractivity contribution in [3.05, 3.63) is 21.8 Å². The van der Waals surface area contributed by atoms with Crippen molar-refractivity contribution in [3.63, 3.8) is 0 Å². The minimum absolute atomic E-state index is 0.0998. The van der Waals surface area contributed by atoms with E-state index in [0.29, 0.717) is 7.14 Å². The highest BCUT2D eigenvalue weighted by Gasteiger charge is 2.29. The Kier molecular flexibility index (Phi) is 12.6. The summed E-state index contributed by atoms with van der Waals surface area (Å²) in [6, 6.07) is 0. The second kappa shape index (κ2) is 13.8. The summed E-state index contributed by atoms with van der Waals surface area (Å²) in [4.78, 5) is 48.6. The highest BCUT2D eigenvalue weighted by molar-refractivity contribution is 14.1. The highest BCUT2D eigenvalue weighted by Crippen LogP contribution is 2.35. The van der Waals surface area contributed by atoms with Gasteiger partial charge in [0.1, 0.15) is 6.10 Å². The van der Waals surface area contributed by atoms with Crippen molar-refractivity contribution in [1.29, 1.82) is 0 Å². The van der Waals surface area contributed by atoms with Gasteiger partial charge in [-0.25, -0.2) is 0 Å². The van der Waals surface area contributed by atoms with Crippen LogP contribution in [0.2, 0.25) is 0 Å². The number of rotatable bonds is 10. The van der Waals surface area contributed by atoms with Crippen LogP contribution in [0.3, 0.4) is 0 Å². The lowest BCUT2D eigenvalue weighted by Gasteiger charge is -2.20. The second-order valence-electron chi connectivity index (χ2n) is 6.42. The third-order valence-corrected chi connectivity index (χ3v) is 7.04. The largest absolute Gasteiger partial charge is 0.458 e. The molecule has 0 fully saturated rings. The summed E-state index contributed by atoms with van der Waals surface area (Å²) in [7, 11) is 0. The van der Waals surface area contributed by atoms with E-state index in [1.54, 1.807) is 0 Å². The summed E-state index contributed by atoms with van der Waals surface area (Å²) >= 11 is 5.59. The number of carbonyl (C=O) groups is 4. The second-order valence-corrected chi connectivity index (χ2v) is 9.65. The SMILES string of the molecule is CC(=O)Nc1c(I)c(C(=O)NCC(O)CO)c(I)c(C(=O)NCC(CO)OC(C)=O)c1I. The molecule has 2 atom stereocenters. The highest BCUT2D eigenvalue weighted by atomic mass is 127. The molecule has 3 amide bonds. The van der Waals surface area contributed by atoms with Crippen LogP contribution in [0.25, 0.3) is 0 Å². The fourth-order valence-electron chi connectivity index (χ4n) is 2.39. The fourth-order valence-corrected chi connectivity index (χ4v) is 6.80. The molecular weight excluding hydrogens is 767 g/mol. The summed E-state index contributed by atoms with van der Waals surface area (Å²) in [5, 5.41) is 35.4. The molecule has 1 rings (SSSR count). The first-order chi connectivity index (χ1) is 14.9. The van der Waals surface area contributed by atoms with Crippen molar-refractivity contribution >= 4 is 97.2 Å². The van der Waals surface area contributed by atoms with Crippen LogP contribution < -0.4 is 16.0 Å². The van der Waals surface area contributed by atoms with Crippen LogP contribution in [-0.2, 0) is 14.3 Å². The molecule has 0 aliphatic heterocycles. The molecule has 6 N–H and O–H groups in total. The first-order valence-electron chi connectivity index (χ1n) is 9.05. The van der Waals surface area contributed by atoms with Crippen molar-refractivity contribution in [2.75, 3.05) is 31.6 Å². The Labute approximate surface area is 224 Å². The maximum atomic E-state index is 13.0. The van der Waals surface area contributed by atoms with Crippen LogP contribution in [0.5, 0.6) is 0 Å². The van der Waals surface area contributed by atoms with Crippen LogP contribution in [-0.4, -0.2) is 77.5 Å². The van der Waals surface area contributed by atoms with E-state index >= 15 is 0 Å². The van der Waals surface area contributed by atoms with Gasteiger partial charge in [0.2, 0.25) is 5.91 Å². The monoisotopic (exact) mass is 789 g/mol. The zero-order chi connectivity index (χ0) is 24.6. The normalized spacial score (nSPS) is 12.5. The number of aliphatic hydroxyl groups is 3. The minimum Gasteiger partial charge on any atom is -0.458 e. The number of hydrogen-bond acceptors (Lipinski definition) is 8. The lowest BCUT2D eigenvalue weighted by atomic mass is 10.1. The first kappa shape index (κ1) is 29.2. The first-order valence-corrected chi connectivity index (χ1v) is 12.3. The van der Waals surface area contributed by atoms with E-state index < -0.39 is 49.1 Å². The van der Waals surface area contributed by atoms with Gasteiger partial charge in [0.05, 0.1) is 49.8 Å². The lowest BCUT2D eigenvalue weighted by molar-refractivity contribution is -0.148. The number of ether oxygens (including phenoxy) is 1. The molecule has 0 radical (unpaired) electrons. The molecule has 0 aliphatic rings. The lowest BCUT2D eigenvalue weighted by Crippen LogP contribution is -2.38. The van der Waals surface area contributed by atoms with Gasteiger partial charge in [-0.1, -0.05) is 0 Å². The molecule has 0 aromatic heterocycles. The van der Waals surface area contributed by atoms with Crippen molar-refractivity contribution in [2.24, 2.45) is 0 Å². The Morgan fingerprint density at radius 2 is 1.38 bits per heavy atom. The average Bonchev–Trinajstić information content (AvgIpc) is 2.71. The van der Waals surface area contributed by atoms with E-state index in [2.05, 4.69) is 16.0 Å². The minimum atomic E-state index is -1.16. The van der Waals surface area contributed by atoms with Crippen molar-refractivity contribution in [3.8, 4) is 0 Å². The number of esters is 1. The van der Waals surface area contributed by atoms with Crippen molar-refractivity contribution < 1.29 is 39.2 Å². The molecule has 0 saturated heterocycles. The molecule has 0 bridgehead atoms. The number of hydrogen-bond donors (Lipinski definition) is 6. The molecule has 178 valence electrons. The number of nitrogens with one attached hydrogen (secondary N) is 3. The number of anilines is 1. The smallest absolute Gasteiger partial charge is 0.303 e. The molecule has 0 spiro atoms.